The number of hydrogen-bond acceptors (Lipinski definition) is 3. The second-order valence-electron chi connectivity index (χ2n) is 3.96. The Balaban J connectivity index is 2.79. The van der Waals surface area contributed by atoms with Gasteiger partial charge >= 0.3 is 0 Å². The van der Waals surface area contributed by atoms with E-state index in [0.717, 1.165) is 24.2 Å². The van der Waals surface area contributed by atoms with E-state index in [9.17, 15) is 0 Å². The Kier molecular flexibility index (Phi) is 6.72. The van der Waals surface area contributed by atoms with Gasteiger partial charge in [0.1, 0.15) is 5.75 Å². The molecule has 0 saturated heterocycles. The molecule has 0 N–H and O–H groups in total. The topological polar surface area (TPSA) is 107 Å². The Morgan fingerprint density at radius 2 is 1.79 bits per heavy atom. The van der Waals surface area contributed by atoms with Crippen LogP contribution in [0, 0.1) is 0 Å². The molecule has 1 aromatic rings. The summed E-state index contributed by atoms with van der Waals surface area (Å²) < 4.78 is 5.19. The van der Waals surface area contributed by atoms with E-state index in [1.807, 2.05) is 24.3 Å². The third kappa shape index (κ3) is 5.21. The Morgan fingerprint density at radius 3 is 2.32 bits per heavy atom. The van der Waals surface area contributed by atoms with E-state index < -0.39 is 0 Å². The number of hydrogen-bond donors (Lipinski definition) is 0. The Labute approximate surface area is 111 Å². The molecule has 0 atom stereocenters. The van der Waals surface area contributed by atoms with Gasteiger partial charge in [0.15, 0.2) is 0 Å². The van der Waals surface area contributed by atoms with Gasteiger partial charge in [0, 0.05) is 22.9 Å². The number of nitrogens with zero attached hydrogens (tertiary/aromatic N) is 6. The number of benzene rings is 1. The van der Waals surface area contributed by atoms with Crippen LogP contribution in [0.1, 0.15) is 24.3 Å². The van der Waals surface area contributed by atoms with E-state index in [-0.39, 0.29) is 5.92 Å². The summed E-state index contributed by atoms with van der Waals surface area (Å²) in [4.78, 5) is 5.50. The molecule has 0 unspecified atom stereocenters. The molecular weight excluding hydrogens is 244 g/mol. The third-order valence-corrected chi connectivity index (χ3v) is 2.85. The molecule has 19 heavy (non-hydrogen) atoms. The van der Waals surface area contributed by atoms with Gasteiger partial charge in [0.25, 0.3) is 0 Å². The summed E-state index contributed by atoms with van der Waals surface area (Å²) in [5.74, 6) is 0.973. The molecule has 0 amide bonds. The summed E-state index contributed by atoms with van der Waals surface area (Å²) in [7, 11) is 1.62. The zero-order valence-corrected chi connectivity index (χ0v) is 10.8. The van der Waals surface area contributed by atoms with Crippen LogP contribution in [0.5, 0.6) is 5.75 Å². The fourth-order valence-electron chi connectivity index (χ4n) is 1.89. The molecule has 100 valence electrons. The molecule has 0 saturated carbocycles. The number of rotatable bonds is 8. The van der Waals surface area contributed by atoms with Gasteiger partial charge in [-0.05, 0) is 47.5 Å². The second kappa shape index (κ2) is 8.69. The molecule has 0 fully saturated rings. The van der Waals surface area contributed by atoms with Crippen LogP contribution in [0.4, 0.5) is 0 Å². The lowest BCUT2D eigenvalue weighted by Gasteiger charge is -2.16. The molecule has 0 spiro atoms. The van der Waals surface area contributed by atoms with Crippen molar-refractivity contribution in [1.29, 1.82) is 0 Å². The van der Waals surface area contributed by atoms with Gasteiger partial charge in [-0.2, -0.15) is 0 Å². The highest BCUT2D eigenvalue weighted by Crippen LogP contribution is 2.26. The van der Waals surface area contributed by atoms with Gasteiger partial charge in [0.05, 0.1) is 7.11 Å². The predicted octanol–water partition coefficient (Wildman–Crippen LogP) is 4.18. The van der Waals surface area contributed by atoms with Crippen LogP contribution in [0.2, 0.25) is 0 Å². The fourth-order valence-corrected chi connectivity index (χ4v) is 1.89. The molecule has 0 heterocycles. The molecular formula is C12H16N6O. The normalized spacial score (nSPS) is 11.0. The smallest absolute Gasteiger partial charge is 0.119 e. The lowest BCUT2D eigenvalue weighted by Crippen LogP contribution is -2.03. The molecule has 0 bridgehead atoms. The summed E-state index contributed by atoms with van der Waals surface area (Å²) in [5, 5.41) is 7.11. The highest BCUT2D eigenvalue weighted by molar-refractivity contribution is 5.30. The lowest BCUT2D eigenvalue weighted by molar-refractivity contribution is 0.413. The van der Waals surface area contributed by atoms with E-state index in [0.29, 0.717) is 13.1 Å². The van der Waals surface area contributed by atoms with Gasteiger partial charge in [-0.15, -0.1) is 0 Å². The number of azide groups is 2. The fraction of sp³-hybridized carbons (Fsp3) is 0.500. The van der Waals surface area contributed by atoms with Crippen molar-refractivity contribution in [2.24, 2.45) is 10.2 Å². The lowest BCUT2D eigenvalue weighted by atomic mass is 9.92. The quantitative estimate of drug-likeness (QED) is 0.390. The van der Waals surface area contributed by atoms with Gasteiger partial charge in [-0.25, -0.2) is 0 Å². The minimum atomic E-state index is 0.186. The first-order valence-electron chi connectivity index (χ1n) is 5.97. The van der Waals surface area contributed by atoms with Crippen molar-refractivity contribution >= 4 is 0 Å². The first-order valence-corrected chi connectivity index (χ1v) is 5.97. The van der Waals surface area contributed by atoms with Crippen LogP contribution < -0.4 is 4.74 Å². The van der Waals surface area contributed by atoms with Crippen molar-refractivity contribution in [3.63, 3.8) is 0 Å². The summed E-state index contributed by atoms with van der Waals surface area (Å²) in [6.45, 7) is 0.850. The molecule has 0 radical (unpaired) electrons. The maximum atomic E-state index is 8.32. The average Bonchev–Trinajstić information content (AvgIpc) is 2.46. The van der Waals surface area contributed by atoms with Crippen molar-refractivity contribution in [1.82, 2.24) is 0 Å². The van der Waals surface area contributed by atoms with Gasteiger partial charge < -0.3 is 4.74 Å². The minimum Gasteiger partial charge on any atom is -0.497 e. The standard InChI is InChI=1S/C12H16N6O/c1-19-12-4-2-3-11(9-12)10(5-7-15-17-13)6-8-16-18-14/h2-4,9-10H,5-8H2,1H3. The van der Waals surface area contributed by atoms with Crippen molar-refractivity contribution in [2.45, 2.75) is 18.8 Å². The first kappa shape index (κ1) is 14.7. The van der Waals surface area contributed by atoms with E-state index >= 15 is 0 Å². The maximum Gasteiger partial charge on any atom is 0.119 e. The molecule has 0 aliphatic heterocycles. The largest absolute Gasteiger partial charge is 0.497 e. The average molecular weight is 260 g/mol. The van der Waals surface area contributed by atoms with Crippen molar-refractivity contribution in [3.8, 4) is 5.75 Å². The SMILES string of the molecule is COc1cccc(C(CCN=[N+]=[N-])CCN=[N+]=[N-])c1. The molecule has 0 aliphatic carbocycles. The van der Waals surface area contributed by atoms with E-state index in [1.54, 1.807) is 7.11 Å². The summed E-state index contributed by atoms with van der Waals surface area (Å²) in [6, 6.07) is 7.75. The van der Waals surface area contributed by atoms with Crippen LogP contribution in [0.3, 0.4) is 0 Å². The molecule has 1 aromatic carbocycles. The highest BCUT2D eigenvalue weighted by atomic mass is 16.5. The number of methoxy groups -OCH3 is 1. The minimum absolute atomic E-state index is 0.186. The van der Waals surface area contributed by atoms with Crippen LogP contribution in [-0.2, 0) is 0 Å². The van der Waals surface area contributed by atoms with Gasteiger partial charge in [-0.3, -0.25) is 0 Å². The maximum absolute atomic E-state index is 8.32. The van der Waals surface area contributed by atoms with Crippen LogP contribution in [-0.4, -0.2) is 20.2 Å². The Bertz CT molecular complexity index is 469. The second-order valence-corrected chi connectivity index (χ2v) is 3.96. The first-order chi connectivity index (χ1) is 9.31. The van der Waals surface area contributed by atoms with E-state index in [2.05, 4.69) is 20.1 Å². The van der Waals surface area contributed by atoms with Crippen LogP contribution >= 0.6 is 0 Å². The highest BCUT2D eigenvalue weighted by Gasteiger charge is 2.11. The van der Waals surface area contributed by atoms with E-state index in [1.165, 1.54) is 0 Å². The van der Waals surface area contributed by atoms with Gasteiger partial charge in [0.2, 0.25) is 0 Å². The van der Waals surface area contributed by atoms with E-state index in [4.69, 9.17) is 15.8 Å². The zero-order chi connectivity index (χ0) is 13.9. The van der Waals surface area contributed by atoms with Crippen LogP contribution in [0.25, 0.3) is 20.9 Å². The van der Waals surface area contributed by atoms with Crippen LogP contribution in [0.15, 0.2) is 34.5 Å². The molecule has 0 aromatic heterocycles. The monoisotopic (exact) mass is 260 g/mol. The predicted molar refractivity (Wildman–Crippen MR) is 73.0 cm³/mol. The summed E-state index contributed by atoms with van der Waals surface area (Å²) in [6.07, 6.45) is 1.44. The summed E-state index contributed by atoms with van der Waals surface area (Å²) >= 11 is 0. The zero-order valence-electron chi connectivity index (χ0n) is 10.8. The van der Waals surface area contributed by atoms with Gasteiger partial charge in [-0.1, -0.05) is 22.4 Å². The van der Waals surface area contributed by atoms with Crippen molar-refractivity contribution in [3.05, 3.63) is 50.7 Å². The Hall–Kier alpha value is -2.36. The Morgan fingerprint density at radius 1 is 1.16 bits per heavy atom. The van der Waals surface area contributed by atoms with Crippen molar-refractivity contribution in [2.75, 3.05) is 20.2 Å². The molecule has 1 rings (SSSR count). The summed E-state index contributed by atoms with van der Waals surface area (Å²) in [5.41, 5.74) is 17.7. The molecule has 0 aliphatic rings. The number of ether oxygens (including phenoxy) is 1. The third-order valence-electron chi connectivity index (χ3n) is 2.85. The molecule has 7 heteroatoms. The molecule has 7 nitrogen and oxygen atoms in total. The van der Waals surface area contributed by atoms with Crippen molar-refractivity contribution < 1.29 is 4.74 Å².